The molecule has 1 aromatic heterocycles. The Morgan fingerprint density at radius 2 is 1.40 bits per heavy atom. The van der Waals surface area contributed by atoms with Crippen LogP contribution in [0.3, 0.4) is 0 Å². The third kappa shape index (κ3) is 5.33. The Kier molecular flexibility index (Phi) is 6.44. The Labute approximate surface area is 202 Å². The van der Waals surface area contributed by atoms with Gasteiger partial charge in [-0.25, -0.2) is 4.79 Å². The molecule has 174 valence electrons. The fourth-order valence-electron chi connectivity index (χ4n) is 4.00. The second-order valence-electron chi connectivity index (χ2n) is 8.25. The van der Waals surface area contributed by atoms with Crippen molar-refractivity contribution in [3.05, 3.63) is 114 Å². The van der Waals surface area contributed by atoms with Crippen molar-refractivity contribution in [2.45, 2.75) is 19.1 Å². The van der Waals surface area contributed by atoms with Crippen LogP contribution in [0.15, 0.2) is 108 Å². The van der Waals surface area contributed by atoms with E-state index in [1.54, 1.807) is 6.07 Å². The third-order valence-electron chi connectivity index (χ3n) is 5.75. The molecular weight excluding hydrogens is 440 g/mol. The maximum Gasteiger partial charge on any atom is 0.408 e. The van der Waals surface area contributed by atoms with Crippen LogP contribution in [0.5, 0.6) is 0 Å². The number of carbonyl (C=O) groups excluding carboxylic acids is 2. The maximum atomic E-state index is 13.2. The van der Waals surface area contributed by atoms with Gasteiger partial charge in [0.15, 0.2) is 0 Å². The van der Waals surface area contributed by atoms with Gasteiger partial charge in [-0.3, -0.25) is 4.79 Å². The summed E-state index contributed by atoms with van der Waals surface area (Å²) in [6, 6.07) is 31.4. The number of furan rings is 1. The van der Waals surface area contributed by atoms with Gasteiger partial charge < -0.3 is 19.8 Å². The van der Waals surface area contributed by atoms with Gasteiger partial charge in [0.1, 0.15) is 23.8 Å². The lowest BCUT2D eigenvalue weighted by Gasteiger charge is -2.18. The van der Waals surface area contributed by atoms with E-state index >= 15 is 0 Å². The Morgan fingerprint density at radius 3 is 2.17 bits per heavy atom. The third-order valence-corrected chi connectivity index (χ3v) is 5.75. The summed E-state index contributed by atoms with van der Waals surface area (Å²) in [6.45, 7) is 0.120. The van der Waals surface area contributed by atoms with Gasteiger partial charge in [-0.15, -0.1) is 0 Å². The molecule has 1 atom stereocenters. The minimum absolute atomic E-state index is 0.120. The van der Waals surface area contributed by atoms with E-state index < -0.39 is 12.1 Å². The number of para-hydroxylation sites is 1. The van der Waals surface area contributed by atoms with Crippen LogP contribution in [0.2, 0.25) is 0 Å². The average Bonchev–Trinajstić information content (AvgIpc) is 3.26. The monoisotopic (exact) mass is 464 g/mol. The molecule has 2 amide bonds. The molecule has 0 spiro atoms. The highest BCUT2D eigenvalue weighted by molar-refractivity contribution is 6.06. The zero-order chi connectivity index (χ0) is 24.0. The topological polar surface area (TPSA) is 80.6 Å². The molecule has 0 aliphatic carbocycles. The second kappa shape index (κ2) is 10.1. The number of ether oxygens (including phenoxy) is 1. The molecule has 0 bridgehead atoms. The molecule has 0 saturated heterocycles. The van der Waals surface area contributed by atoms with Crippen LogP contribution >= 0.6 is 0 Å². The van der Waals surface area contributed by atoms with Crippen molar-refractivity contribution in [3.8, 4) is 0 Å². The van der Waals surface area contributed by atoms with Crippen molar-refractivity contribution in [3.63, 3.8) is 0 Å². The highest BCUT2D eigenvalue weighted by Crippen LogP contribution is 2.30. The summed E-state index contributed by atoms with van der Waals surface area (Å²) in [5.41, 5.74) is 3.84. The normalized spacial score (nSPS) is 11.8. The van der Waals surface area contributed by atoms with Crippen molar-refractivity contribution in [2.24, 2.45) is 0 Å². The van der Waals surface area contributed by atoms with Crippen molar-refractivity contribution < 1.29 is 18.7 Å². The first kappa shape index (κ1) is 22.2. The number of hydrogen-bond acceptors (Lipinski definition) is 4. The summed E-state index contributed by atoms with van der Waals surface area (Å²) in [4.78, 5) is 25.7. The fourth-order valence-corrected chi connectivity index (χ4v) is 4.00. The molecule has 35 heavy (non-hydrogen) atoms. The fraction of sp³-hybridized carbons (Fsp3) is 0.103. The number of amides is 2. The second-order valence-corrected chi connectivity index (χ2v) is 8.25. The van der Waals surface area contributed by atoms with E-state index in [4.69, 9.17) is 9.15 Å². The molecule has 6 heteroatoms. The van der Waals surface area contributed by atoms with Crippen LogP contribution in [0, 0.1) is 0 Å². The van der Waals surface area contributed by atoms with E-state index in [-0.39, 0.29) is 12.5 Å². The molecule has 1 heterocycles. The van der Waals surface area contributed by atoms with Gasteiger partial charge in [0.2, 0.25) is 5.91 Å². The first-order chi connectivity index (χ1) is 17.2. The molecule has 6 nitrogen and oxygen atoms in total. The molecule has 0 radical (unpaired) electrons. The molecule has 5 rings (SSSR count). The predicted octanol–water partition coefficient (Wildman–Crippen LogP) is 6.06. The molecule has 0 saturated carbocycles. The van der Waals surface area contributed by atoms with Crippen molar-refractivity contribution in [1.29, 1.82) is 0 Å². The van der Waals surface area contributed by atoms with Gasteiger partial charge in [0, 0.05) is 28.9 Å². The maximum absolute atomic E-state index is 13.2. The summed E-state index contributed by atoms with van der Waals surface area (Å²) in [7, 11) is 0. The van der Waals surface area contributed by atoms with Gasteiger partial charge in [0.25, 0.3) is 0 Å². The summed E-state index contributed by atoms with van der Waals surface area (Å²) < 4.78 is 11.3. The Balaban J connectivity index is 1.31. The number of carbonyl (C=O) groups is 2. The standard InChI is InChI=1S/C29H24N2O4/c32-28(30-22-15-16-24-23-13-7-8-14-26(23)35-27(24)18-22)25(17-20-9-3-1-4-10-20)31-29(33)34-19-21-11-5-2-6-12-21/h1-16,18,25H,17,19H2,(H,30,32)(H,31,33)/t25-/m0/s1. The summed E-state index contributed by atoms with van der Waals surface area (Å²) >= 11 is 0. The number of hydrogen-bond donors (Lipinski definition) is 2. The van der Waals surface area contributed by atoms with Crippen molar-refractivity contribution in [1.82, 2.24) is 5.32 Å². The minimum Gasteiger partial charge on any atom is -0.456 e. The highest BCUT2D eigenvalue weighted by Gasteiger charge is 2.22. The van der Waals surface area contributed by atoms with E-state index in [1.165, 1.54) is 0 Å². The van der Waals surface area contributed by atoms with Crippen molar-refractivity contribution in [2.75, 3.05) is 5.32 Å². The van der Waals surface area contributed by atoms with Gasteiger partial charge in [0.05, 0.1) is 0 Å². The van der Waals surface area contributed by atoms with E-state index in [9.17, 15) is 9.59 Å². The summed E-state index contributed by atoms with van der Waals surface area (Å²) in [5, 5.41) is 7.62. The lowest BCUT2D eigenvalue weighted by atomic mass is 10.1. The quantitative estimate of drug-likeness (QED) is 0.307. The van der Waals surface area contributed by atoms with E-state index in [1.807, 2.05) is 97.1 Å². The molecule has 5 aromatic rings. The molecule has 0 aliphatic heterocycles. The lowest BCUT2D eigenvalue weighted by Crippen LogP contribution is -2.45. The minimum atomic E-state index is -0.827. The molecule has 0 fully saturated rings. The molecular formula is C29H24N2O4. The van der Waals surface area contributed by atoms with Crippen LogP contribution in [0.4, 0.5) is 10.5 Å². The Morgan fingerprint density at radius 1 is 0.743 bits per heavy atom. The van der Waals surface area contributed by atoms with Crippen molar-refractivity contribution >= 4 is 39.6 Å². The number of alkyl carbamates (subject to hydrolysis) is 1. The van der Waals surface area contributed by atoms with E-state index in [0.29, 0.717) is 17.7 Å². The van der Waals surface area contributed by atoms with Gasteiger partial charge >= 0.3 is 6.09 Å². The summed E-state index contributed by atoms with van der Waals surface area (Å²) in [6.07, 6.45) is -0.335. The smallest absolute Gasteiger partial charge is 0.408 e. The zero-order valence-electron chi connectivity index (χ0n) is 18.9. The number of nitrogens with one attached hydrogen (secondary N) is 2. The Hall–Kier alpha value is -4.58. The summed E-state index contributed by atoms with van der Waals surface area (Å²) in [5.74, 6) is -0.346. The lowest BCUT2D eigenvalue weighted by molar-refractivity contribution is -0.118. The first-order valence-electron chi connectivity index (χ1n) is 11.4. The SMILES string of the molecule is O=C(N[C@@H](Cc1ccccc1)C(=O)Nc1ccc2c(c1)oc1ccccc12)OCc1ccccc1. The van der Waals surface area contributed by atoms with E-state index in [0.717, 1.165) is 27.5 Å². The number of rotatable bonds is 7. The molecule has 4 aromatic carbocycles. The molecule has 0 aliphatic rings. The van der Waals surface area contributed by atoms with E-state index in [2.05, 4.69) is 10.6 Å². The zero-order valence-corrected chi connectivity index (χ0v) is 18.9. The number of fused-ring (bicyclic) bond motifs is 3. The molecule has 2 N–H and O–H groups in total. The largest absolute Gasteiger partial charge is 0.456 e. The Bertz CT molecular complexity index is 1460. The van der Waals surface area contributed by atoms with Crippen LogP contribution in [0.25, 0.3) is 21.9 Å². The number of benzene rings is 4. The predicted molar refractivity (Wildman–Crippen MR) is 136 cm³/mol. The van der Waals surface area contributed by atoms with Crippen LogP contribution < -0.4 is 10.6 Å². The van der Waals surface area contributed by atoms with Gasteiger partial charge in [-0.05, 0) is 29.3 Å². The average molecular weight is 465 g/mol. The van der Waals surface area contributed by atoms with Crippen LogP contribution in [-0.4, -0.2) is 18.0 Å². The van der Waals surface area contributed by atoms with Crippen LogP contribution in [-0.2, 0) is 22.6 Å². The van der Waals surface area contributed by atoms with Gasteiger partial charge in [-0.1, -0.05) is 78.9 Å². The van der Waals surface area contributed by atoms with Crippen LogP contribution in [0.1, 0.15) is 11.1 Å². The number of anilines is 1. The molecule has 0 unspecified atom stereocenters. The first-order valence-corrected chi connectivity index (χ1v) is 11.4. The highest BCUT2D eigenvalue weighted by atomic mass is 16.5. The van der Waals surface area contributed by atoms with Gasteiger partial charge in [-0.2, -0.15) is 0 Å².